The van der Waals surface area contributed by atoms with E-state index in [0.717, 1.165) is 26.2 Å². The Labute approximate surface area is 95.6 Å². The molecule has 0 aliphatic rings. The molecule has 0 aromatic carbocycles. The van der Waals surface area contributed by atoms with Crippen molar-refractivity contribution in [1.29, 1.82) is 0 Å². The summed E-state index contributed by atoms with van der Waals surface area (Å²) in [6, 6.07) is 0. The first-order valence-corrected chi connectivity index (χ1v) is 5.92. The van der Waals surface area contributed by atoms with Gasteiger partial charge in [0.25, 0.3) is 0 Å². The van der Waals surface area contributed by atoms with Gasteiger partial charge in [0.15, 0.2) is 0 Å². The van der Waals surface area contributed by atoms with E-state index in [1.165, 1.54) is 26.4 Å². The number of nitrogens with one attached hydrogen (secondary N) is 2. The fraction of sp³-hybridized carbons (Fsp3) is 1.00. The largest absolute Gasteiger partial charge is 0.333 e. The molecule has 0 saturated heterocycles. The molecule has 4 nitrogen and oxygen atoms in total. The van der Waals surface area contributed by atoms with Crippen molar-refractivity contribution < 1.29 is 0 Å². The standard InChI is InChI=1S/C10H25N3.CH5N/c1-4-6-12-8-10-13(3)9-5-7-11-2;1-2/h11-12H,4-10H2,1-3H3;2H2,1H3. The minimum Gasteiger partial charge on any atom is -0.333 e. The molecular weight excluding hydrogens is 188 g/mol. The lowest BCUT2D eigenvalue weighted by Gasteiger charge is -2.16. The summed E-state index contributed by atoms with van der Waals surface area (Å²) in [6.07, 6.45) is 2.46. The maximum atomic E-state index is 4.50. The van der Waals surface area contributed by atoms with Crippen LogP contribution in [0.5, 0.6) is 0 Å². The zero-order valence-corrected chi connectivity index (χ0v) is 11.0. The first-order valence-electron chi connectivity index (χ1n) is 5.92. The molecule has 94 valence electrons. The number of nitrogens with two attached hydrogens (primary N) is 1. The molecule has 0 unspecified atom stereocenters. The van der Waals surface area contributed by atoms with Crippen molar-refractivity contribution >= 4 is 0 Å². The zero-order chi connectivity index (χ0) is 11.9. The van der Waals surface area contributed by atoms with Crippen molar-refractivity contribution in [1.82, 2.24) is 15.5 Å². The molecule has 4 heteroatoms. The second-order valence-electron chi connectivity index (χ2n) is 3.51. The van der Waals surface area contributed by atoms with Crippen LogP contribution in [-0.2, 0) is 0 Å². The third-order valence-electron chi connectivity index (χ3n) is 2.06. The number of rotatable bonds is 9. The van der Waals surface area contributed by atoms with Gasteiger partial charge >= 0.3 is 0 Å². The Balaban J connectivity index is 0. The van der Waals surface area contributed by atoms with E-state index in [9.17, 15) is 0 Å². The van der Waals surface area contributed by atoms with E-state index in [4.69, 9.17) is 0 Å². The molecule has 0 atom stereocenters. The van der Waals surface area contributed by atoms with Gasteiger partial charge in [-0.05, 0) is 53.6 Å². The normalized spacial score (nSPS) is 10.0. The first kappa shape index (κ1) is 17.2. The maximum Gasteiger partial charge on any atom is 0.0104 e. The quantitative estimate of drug-likeness (QED) is 0.481. The van der Waals surface area contributed by atoms with Crippen molar-refractivity contribution in [2.24, 2.45) is 5.73 Å². The van der Waals surface area contributed by atoms with Crippen molar-refractivity contribution in [3.63, 3.8) is 0 Å². The molecular formula is C11H30N4. The van der Waals surface area contributed by atoms with Crippen LogP contribution in [0.2, 0.25) is 0 Å². The Kier molecular flexibility index (Phi) is 18.7. The number of hydrogen-bond donors (Lipinski definition) is 3. The summed E-state index contributed by atoms with van der Waals surface area (Å²) in [5, 5.41) is 6.56. The van der Waals surface area contributed by atoms with E-state index in [-0.39, 0.29) is 0 Å². The summed E-state index contributed by atoms with van der Waals surface area (Å²) in [5.74, 6) is 0. The smallest absolute Gasteiger partial charge is 0.0104 e. The fourth-order valence-electron chi connectivity index (χ4n) is 1.21. The molecule has 0 spiro atoms. The predicted octanol–water partition coefficient (Wildman–Crippen LogP) is 0.102. The molecule has 0 aromatic heterocycles. The van der Waals surface area contributed by atoms with Gasteiger partial charge in [0.05, 0.1) is 0 Å². The minimum atomic E-state index is 1.11. The number of hydrogen-bond acceptors (Lipinski definition) is 4. The summed E-state index contributed by atoms with van der Waals surface area (Å²) in [5.41, 5.74) is 4.50. The van der Waals surface area contributed by atoms with Crippen LogP contribution in [0.3, 0.4) is 0 Å². The molecule has 0 rings (SSSR count). The SMILES string of the molecule is CCCNCCN(C)CCCNC.CN. The van der Waals surface area contributed by atoms with E-state index < -0.39 is 0 Å². The average molecular weight is 218 g/mol. The monoisotopic (exact) mass is 218 g/mol. The second kappa shape index (κ2) is 16.3. The van der Waals surface area contributed by atoms with Gasteiger partial charge in [0.2, 0.25) is 0 Å². The van der Waals surface area contributed by atoms with Crippen LogP contribution in [0.1, 0.15) is 19.8 Å². The van der Waals surface area contributed by atoms with Crippen molar-refractivity contribution in [3.8, 4) is 0 Å². The molecule has 0 amide bonds. The third-order valence-corrected chi connectivity index (χ3v) is 2.06. The van der Waals surface area contributed by atoms with Crippen LogP contribution in [0.25, 0.3) is 0 Å². The molecule has 0 bridgehead atoms. The van der Waals surface area contributed by atoms with Gasteiger partial charge in [-0.1, -0.05) is 6.92 Å². The van der Waals surface area contributed by atoms with Gasteiger partial charge in [-0.2, -0.15) is 0 Å². The second-order valence-corrected chi connectivity index (χ2v) is 3.51. The van der Waals surface area contributed by atoms with Gasteiger partial charge in [0, 0.05) is 13.1 Å². The van der Waals surface area contributed by atoms with Crippen LogP contribution in [0, 0.1) is 0 Å². The van der Waals surface area contributed by atoms with Crippen LogP contribution in [0.4, 0.5) is 0 Å². The van der Waals surface area contributed by atoms with Crippen LogP contribution >= 0.6 is 0 Å². The van der Waals surface area contributed by atoms with Gasteiger partial charge < -0.3 is 21.3 Å². The highest BCUT2D eigenvalue weighted by molar-refractivity contribution is 4.55. The van der Waals surface area contributed by atoms with E-state index in [1.807, 2.05) is 7.05 Å². The lowest BCUT2D eigenvalue weighted by molar-refractivity contribution is 0.326. The summed E-state index contributed by atoms with van der Waals surface area (Å²) < 4.78 is 0. The molecule has 0 aromatic rings. The molecule has 15 heavy (non-hydrogen) atoms. The fourth-order valence-corrected chi connectivity index (χ4v) is 1.21. The van der Waals surface area contributed by atoms with Crippen LogP contribution in [-0.4, -0.2) is 58.8 Å². The summed E-state index contributed by atoms with van der Waals surface area (Å²) in [7, 11) is 5.69. The Morgan fingerprint density at radius 1 is 1.07 bits per heavy atom. The van der Waals surface area contributed by atoms with E-state index in [2.05, 4.69) is 35.2 Å². The van der Waals surface area contributed by atoms with Crippen molar-refractivity contribution in [2.75, 3.05) is 53.9 Å². The number of nitrogens with zero attached hydrogens (tertiary/aromatic N) is 1. The molecule has 0 heterocycles. The Hall–Kier alpha value is -0.160. The Morgan fingerprint density at radius 3 is 2.27 bits per heavy atom. The molecule has 4 N–H and O–H groups in total. The summed E-state index contributed by atoms with van der Waals surface area (Å²) in [6.45, 7) is 7.92. The molecule has 0 aliphatic carbocycles. The van der Waals surface area contributed by atoms with E-state index in [0.29, 0.717) is 0 Å². The number of likely N-dealkylation sites (N-methyl/N-ethyl adjacent to an activating group) is 1. The lowest BCUT2D eigenvalue weighted by Crippen LogP contribution is -2.31. The average Bonchev–Trinajstić information content (AvgIpc) is 2.28. The van der Waals surface area contributed by atoms with Crippen molar-refractivity contribution in [2.45, 2.75) is 19.8 Å². The zero-order valence-electron chi connectivity index (χ0n) is 11.0. The highest BCUT2D eigenvalue weighted by Crippen LogP contribution is 1.84. The Morgan fingerprint density at radius 2 is 1.73 bits per heavy atom. The highest BCUT2D eigenvalue weighted by atomic mass is 15.1. The summed E-state index contributed by atoms with van der Waals surface area (Å²) >= 11 is 0. The molecule has 0 radical (unpaired) electrons. The van der Waals surface area contributed by atoms with Gasteiger partial charge in [-0.3, -0.25) is 0 Å². The van der Waals surface area contributed by atoms with Crippen molar-refractivity contribution in [3.05, 3.63) is 0 Å². The van der Waals surface area contributed by atoms with Gasteiger partial charge in [-0.25, -0.2) is 0 Å². The van der Waals surface area contributed by atoms with Gasteiger partial charge in [0.1, 0.15) is 0 Å². The molecule has 0 fully saturated rings. The van der Waals surface area contributed by atoms with Crippen LogP contribution < -0.4 is 16.4 Å². The highest BCUT2D eigenvalue weighted by Gasteiger charge is 1.95. The first-order chi connectivity index (χ1) is 7.31. The topological polar surface area (TPSA) is 53.3 Å². The Bertz CT molecular complexity index is 98.6. The molecule has 0 saturated carbocycles. The lowest BCUT2D eigenvalue weighted by atomic mass is 10.4. The molecule has 0 aliphatic heterocycles. The van der Waals surface area contributed by atoms with E-state index >= 15 is 0 Å². The van der Waals surface area contributed by atoms with E-state index in [1.54, 1.807) is 0 Å². The third kappa shape index (κ3) is 16.5. The van der Waals surface area contributed by atoms with Crippen LogP contribution in [0.15, 0.2) is 0 Å². The van der Waals surface area contributed by atoms with Gasteiger partial charge in [-0.15, -0.1) is 0 Å². The summed E-state index contributed by atoms with van der Waals surface area (Å²) in [4.78, 5) is 2.38. The predicted molar refractivity (Wildman–Crippen MR) is 69.3 cm³/mol. The maximum absolute atomic E-state index is 4.50. The minimum absolute atomic E-state index is 1.11.